The van der Waals surface area contributed by atoms with Crippen LogP contribution in [-0.4, -0.2) is 48.2 Å². The van der Waals surface area contributed by atoms with Gasteiger partial charge in [-0.1, -0.05) is 29.8 Å². The first-order valence-corrected chi connectivity index (χ1v) is 9.99. The molecule has 142 valence electrons. The molecule has 4 rings (SSSR count). The number of aryl methyl sites for hydroxylation is 1. The SMILES string of the molecule is Cc1nn(Cc2ccccc2Cl)c2sc(C(=O)NCC3COCCO3)cc12. The van der Waals surface area contributed by atoms with E-state index in [-0.39, 0.29) is 12.0 Å². The first-order chi connectivity index (χ1) is 13.1. The van der Waals surface area contributed by atoms with Crippen LogP contribution < -0.4 is 5.32 Å². The maximum Gasteiger partial charge on any atom is 0.261 e. The minimum atomic E-state index is -0.103. The van der Waals surface area contributed by atoms with Gasteiger partial charge in [0.15, 0.2) is 0 Å². The number of benzene rings is 1. The fraction of sp³-hybridized carbons (Fsp3) is 0.368. The van der Waals surface area contributed by atoms with Crippen LogP contribution in [0, 0.1) is 6.92 Å². The third-order valence-electron chi connectivity index (χ3n) is 4.48. The zero-order valence-electron chi connectivity index (χ0n) is 14.9. The molecule has 27 heavy (non-hydrogen) atoms. The highest BCUT2D eigenvalue weighted by atomic mass is 35.5. The molecule has 0 radical (unpaired) electrons. The van der Waals surface area contributed by atoms with E-state index >= 15 is 0 Å². The van der Waals surface area contributed by atoms with Crippen molar-refractivity contribution in [2.45, 2.75) is 19.6 Å². The zero-order chi connectivity index (χ0) is 18.8. The van der Waals surface area contributed by atoms with Gasteiger partial charge in [0.05, 0.1) is 43.0 Å². The van der Waals surface area contributed by atoms with Crippen LogP contribution in [0.1, 0.15) is 20.9 Å². The molecule has 3 heterocycles. The number of carbonyl (C=O) groups excluding carboxylic acids is 1. The van der Waals surface area contributed by atoms with Crippen molar-refractivity contribution in [3.8, 4) is 0 Å². The standard InChI is InChI=1S/C19H20ClN3O3S/c1-12-15-8-17(18(24)21-9-14-11-25-6-7-26-14)27-19(15)23(22-12)10-13-4-2-3-5-16(13)20/h2-5,8,14H,6-7,9-11H2,1H3,(H,21,24). The number of halogens is 1. The number of hydrogen-bond acceptors (Lipinski definition) is 5. The van der Waals surface area contributed by atoms with Crippen LogP contribution in [0.3, 0.4) is 0 Å². The number of fused-ring (bicyclic) bond motifs is 1. The van der Waals surface area contributed by atoms with Gasteiger partial charge in [-0.3, -0.25) is 9.48 Å². The molecule has 1 fully saturated rings. The molecule has 0 saturated carbocycles. The number of rotatable bonds is 5. The van der Waals surface area contributed by atoms with Gasteiger partial charge in [-0.05, 0) is 24.6 Å². The van der Waals surface area contributed by atoms with Gasteiger partial charge in [-0.25, -0.2) is 0 Å². The van der Waals surface area contributed by atoms with Crippen LogP contribution in [-0.2, 0) is 16.0 Å². The first kappa shape index (κ1) is 18.4. The molecule has 3 aromatic rings. The molecule has 0 bridgehead atoms. The Kier molecular flexibility index (Phi) is 5.45. The van der Waals surface area contributed by atoms with E-state index in [0.717, 1.165) is 21.5 Å². The fourth-order valence-electron chi connectivity index (χ4n) is 3.07. The number of nitrogens with one attached hydrogen (secondary N) is 1. The summed E-state index contributed by atoms with van der Waals surface area (Å²) in [6.07, 6.45) is -0.0884. The summed E-state index contributed by atoms with van der Waals surface area (Å²) >= 11 is 7.72. The summed E-state index contributed by atoms with van der Waals surface area (Å²) in [5.41, 5.74) is 1.90. The van der Waals surface area contributed by atoms with Gasteiger partial charge in [-0.2, -0.15) is 5.10 Å². The number of thiophene rings is 1. The third-order valence-corrected chi connectivity index (χ3v) is 6.00. The quantitative estimate of drug-likeness (QED) is 0.707. The van der Waals surface area contributed by atoms with Crippen molar-refractivity contribution in [1.29, 1.82) is 0 Å². The van der Waals surface area contributed by atoms with Crippen molar-refractivity contribution in [2.24, 2.45) is 0 Å². The maximum atomic E-state index is 12.5. The van der Waals surface area contributed by atoms with E-state index in [1.807, 2.05) is 41.9 Å². The Bertz CT molecular complexity index is 962. The summed E-state index contributed by atoms with van der Waals surface area (Å²) in [6.45, 7) is 4.66. The largest absolute Gasteiger partial charge is 0.376 e. The lowest BCUT2D eigenvalue weighted by Gasteiger charge is -2.22. The average Bonchev–Trinajstić information content (AvgIpc) is 3.24. The summed E-state index contributed by atoms with van der Waals surface area (Å²) in [7, 11) is 0. The highest BCUT2D eigenvalue weighted by molar-refractivity contribution is 7.20. The molecule has 1 amide bonds. The minimum absolute atomic E-state index is 0.0884. The molecular weight excluding hydrogens is 386 g/mol. The van der Waals surface area contributed by atoms with Crippen molar-refractivity contribution in [3.63, 3.8) is 0 Å². The summed E-state index contributed by atoms with van der Waals surface area (Å²) in [5, 5.41) is 9.25. The summed E-state index contributed by atoms with van der Waals surface area (Å²) in [5.74, 6) is -0.103. The molecule has 2 aromatic heterocycles. The summed E-state index contributed by atoms with van der Waals surface area (Å²) in [6, 6.07) is 9.62. The normalized spacial score (nSPS) is 17.3. The molecule has 8 heteroatoms. The van der Waals surface area contributed by atoms with Gasteiger partial charge >= 0.3 is 0 Å². The lowest BCUT2D eigenvalue weighted by molar-refractivity contribution is -0.0855. The van der Waals surface area contributed by atoms with E-state index in [2.05, 4.69) is 10.4 Å². The van der Waals surface area contributed by atoms with Crippen LogP contribution in [0.4, 0.5) is 0 Å². The minimum Gasteiger partial charge on any atom is -0.376 e. The molecule has 1 aliphatic rings. The molecule has 1 N–H and O–H groups in total. The molecular formula is C19H20ClN3O3S. The van der Waals surface area contributed by atoms with Gasteiger partial charge in [-0.15, -0.1) is 11.3 Å². The van der Waals surface area contributed by atoms with Gasteiger partial charge in [0.2, 0.25) is 0 Å². The van der Waals surface area contributed by atoms with Crippen molar-refractivity contribution >= 4 is 39.1 Å². The maximum absolute atomic E-state index is 12.5. The number of amides is 1. The molecule has 0 spiro atoms. The Morgan fingerprint density at radius 3 is 3.04 bits per heavy atom. The molecule has 1 aromatic carbocycles. The Morgan fingerprint density at radius 2 is 2.26 bits per heavy atom. The second-order valence-corrected chi connectivity index (χ2v) is 7.88. The predicted molar refractivity (Wildman–Crippen MR) is 106 cm³/mol. The fourth-order valence-corrected chi connectivity index (χ4v) is 4.34. The monoisotopic (exact) mass is 405 g/mol. The molecule has 6 nitrogen and oxygen atoms in total. The van der Waals surface area contributed by atoms with Crippen molar-refractivity contribution in [1.82, 2.24) is 15.1 Å². The number of aromatic nitrogens is 2. The van der Waals surface area contributed by atoms with Crippen LogP contribution in [0.15, 0.2) is 30.3 Å². The number of hydrogen-bond donors (Lipinski definition) is 1. The van der Waals surface area contributed by atoms with Crippen molar-refractivity contribution in [2.75, 3.05) is 26.4 Å². The second kappa shape index (κ2) is 7.98. The van der Waals surface area contributed by atoms with Crippen LogP contribution in [0.5, 0.6) is 0 Å². The first-order valence-electron chi connectivity index (χ1n) is 8.79. The highest BCUT2D eigenvalue weighted by Crippen LogP contribution is 2.29. The number of nitrogens with zero attached hydrogens (tertiary/aromatic N) is 2. The Morgan fingerprint density at radius 1 is 1.41 bits per heavy atom. The third kappa shape index (κ3) is 4.01. The van der Waals surface area contributed by atoms with Gasteiger partial charge < -0.3 is 14.8 Å². The van der Waals surface area contributed by atoms with Crippen LogP contribution in [0.2, 0.25) is 5.02 Å². The Labute approximate surface area is 166 Å². The van der Waals surface area contributed by atoms with E-state index in [1.165, 1.54) is 11.3 Å². The van der Waals surface area contributed by atoms with E-state index < -0.39 is 0 Å². The Balaban J connectivity index is 1.51. The second-order valence-electron chi connectivity index (χ2n) is 6.44. The molecule has 0 aliphatic carbocycles. The summed E-state index contributed by atoms with van der Waals surface area (Å²) < 4.78 is 12.8. The smallest absolute Gasteiger partial charge is 0.261 e. The van der Waals surface area contributed by atoms with Crippen LogP contribution >= 0.6 is 22.9 Å². The highest BCUT2D eigenvalue weighted by Gasteiger charge is 2.19. The predicted octanol–water partition coefficient (Wildman–Crippen LogP) is 3.25. The van der Waals surface area contributed by atoms with Crippen molar-refractivity contribution in [3.05, 3.63) is 51.5 Å². The Hall–Kier alpha value is -1.93. The molecule has 1 unspecified atom stereocenters. The van der Waals surface area contributed by atoms with Crippen LogP contribution in [0.25, 0.3) is 10.2 Å². The molecule has 1 atom stereocenters. The van der Waals surface area contributed by atoms with E-state index in [9.17, 15) is 4.79 Å². The van der Waals surface area contributed by atoms with E-state index in [0.29, 0.717) is 42.8 Å². The zero-order valence-corrected chi connectivity index (χ0v) is 16.5. The van der Waals surface area contributed by atoms with E-state index in [4.69, 9.17) is 21.1 Å². The number of ether oxygens (including phenoxy) is 2. The summed E-state index contributed by atoms with van der Waals surface area (Å²) in [4.78, 5) is 14.2. The van der Waals surface area contributed by atoms with Gasteiger partial charge in [0.25, 0.3) is 5.91 Å². The van der Waals surface area contributed by atoms with Crippen molar-refractivity contribution < 1.29 is 14.3 Å². The molecule has 1 aliphatic heterocycles. The molecule has 1 saturated heterocycles. The lowest BCUT2D eigenvalue weighted by atomic mass is 10.2. The topological polar surface area (TPSA) is 65.4 Å². The van der Waals surface area contributed by atoms with Gasteiger partial charge in [0.1, 0.15) is 4.83 Å². The average molecular weight is 406 g/mol. The lowest BCUT2D eigenvalue weighted by Crippen LogP contribution is -2.39. The van der Waals surface area contributed by atoms with Gasteiger partial charge in [0, 0.05) is 17.0 Å². The van der Waals surface area contributed by atoms with E-state index in [1.54, 1.807) is 0 Å². The number of carbonyl (C=O) groups is 1.